The van der Waals surface area contributed by atoms with Crippen molar-refractivity contribution >= 4 is 46.6 Å². The monoisotopic (exact) mass is 423 g/mol. The third-order valence-electron chi connectivity index (χ3n) is 6.16. The van der Waals surface area contributed by atoms with Gasteiger partial charge in [0, 0.05) is 31.8 Å². The summed E-state index contributed by atoms with van der Waals surface area (Å²) in [5.41, 5.74) is 0. The molecule has 0 aromatic carbocycles. The molecular weight excluding hydrogens is 402 g/mol. The summed E-state index contributed by atoms with van der Waals surface area (Å²) < 4.78 is 0. The van der Waals surface area contributed by atoms with Crippen molar-refractivity contribution in [3.05, 3.63) is 0 Å². The fraction of sp³-hybridized carbons (Fsp3) is 0.667. The number of imide groups is 2. The maximum absolute atomic E-state index is 12.6. The van der Waals surface area contributed by atoms with E-state index in [1.54, 1.807) is 0 Å². The Morgan fingerprint density at radius 3 is 2.24 bits per heavy atom. The van der Waals surface area contributed by atoms with Crippen LogP contribution in [0.5, 0.6) is 0 Å². The topological polar surface area (TPSA) is 130 Å². The van der Waals surface area contributed by atoms with Crippen LogP contribution in [0.1, 0.15) is 32.1 Å². The second-order valence-electron chi connectivity index (χ2n) is 7.82. The maximum Gasteiger partial charge on any atom is 0.336 e. The summed E-state index contributed by atoms with van der Waals surface area (Å²) in [6.45, 7) is 0.288. The maximum atomic E-state index is 12.6. The van der Waals surface area contributed by atoms with Gasteiger partial charge in [0.25, 0.3) is 17.1 Å². The zero-order valence-corrected chi connectivity index (χ0v) is 16.4. The van der Waals surface area contributed by atoms with E-state index in [2.05, 4.69) is 5.32 Å². The van der Waals surface area contributed by atoms with Crippen molar-refractivity contribution in [3.63, 3.8) is 0 Å². The lowest BCUT2D eigenvalue weighted by molar-refractivity contribution is -0.206. The van der Waals surface area contributed by atoms with Crippen molar-refractivity contribution in [1.82, 2.24) is 15.3 Å². The molecule has 5 rings (SSSR count). The number of hydrogen-bond donors (Lipinski definition) is 1. The van der Waals surface area contributed by atoms with Crippen LogP contribution in [-0.4, -0.2) is 63.6 Å². The predicted molar refractivity (Wildman–Crippen MR) is 97.6 cm³/mol. The normalized spacial score (nSPS) is 31.2. The number of thioether (sulfide) groups is 1. The summed E-state index contributed by atoms with van der Waals surface area (Å²) in [4.78, 5) is 77.8. The summed E-state index contributed by atoms with van der Waals surface area (Å²) >= 11 is 0.945. The van der Waals surface area contributed by atoms with E-state index in [4.69, 9.17) is 4.84 Å². The molecule has 2 aliphatic heterocycles. The molecule has 0 radical (unpaired) electrons. The van der Waals surface area contributed by atoms with E-state index in [1.807, 2.05) is 0 Å². The van der Waals surface area contributed by atoms with Crippen LogP contribution in [0, 0.1) is 23.7 Å². The minimum Gasteiger partial charge on any atom is -0.354 e. The number of nitrogens with zero attached hydrogens (tertiary/aromatic N) is 2. The Kier molecular flexibility index (Phi) is 5.32. The first-order chi connectivity index (χ1) is 13.8. The molecule has 3 aliphatic carbocycles. The highest BCUT2D eigenvalue weighted by Crippen LogP contribution is 2.52. The van der Waals surface area contributed by atoms with Gasteiger partial charge < -0.3 is 10.2 Å². The van der Waals surface area contributed by atoms with Crippen LogP contribution in [-0.2, 0) is 28.8 Å². The molecule has 2 saturated heterocycles. The first kappa shape index (κ1) is 19.9. The minimum absolute atomic E-state index is 0.0356. The molecular formula is C18H21N3O7S. The van der Waals surface area contributed by atoms with Crippen LogP contribution in [0.3, 0.4) is 0 Å². The van der Waals surface area contributed by atoms with Crippen LogP contribution in [0.2, 0.25) is 0 Å². The van der Waals surface area contributed by atoms with Crippen LogP contribution in [0.4, 0.5) is 4.79 Å². The van der Waals surface area contributed by atoms with Crippen molar-refractivity contribution in [2.45, 2.75) is 32.1 Å². The van der Waals surface area contributed by atoms with E-state index in [0.29, 0.717) is 11.5 Å². The van der Waals surface area contributed by atoms with E-state index < -0.39 is 23.7 Å². The van der Waals surface area contributed by atoms with Crippen LogP contribution >= 0.6 is 11.8 Å². The number of amides is 5. The van der Waals surface area contributed by atoms with Gasteiger partial charge >= 0.3 is 5.97 Å². The van der Waals surface area contributed by atoms with Gasteiger partial charge in [-0.1, -0.05) is 11.8 Å². The Balaban J connectivity index is 1.30. The molecule has 1 N–H and O–H groups in total. The van der Waals surface area contributed by atoms with Gasteiger partial charge in [-0.15, -0.1) is 5.06 Å². The van der Waals surface area contributed by atoms with E-state index in [1.165, 1.54) is 0 Å². The van der Waals surface area contributed by atoms with Crippen molar-refractivity contribution in [2.24, 2.45) is 23.7 Å². The SMILES string of the molecule is O=C(NCCN1C(=O)CSC1=O)C1CC(C(=O)ON2C(=O)CCC2=O)C2CC1C2. The number of hydroxylamine groups is 2. The fourth-order valence-electron chi connectivity index (χ4n) is 4.47. The number of rotatable bonds is 6. The van der Waals surface area contributed by atoms with Gasteiger partial charge in [0.15, 0.2) is 0 Å². The Bertz CT molecular complexity index is 762. The number of carbonyl (C=O) groups excluding carboxylic acids is 6. The minimum atomic E-state index is -0.639. The molecule has 5 fully saturated rings. The molecule has 2 unspecified atom stereocenters. The van der Waals surface area contributed by atoms with Crippen molar-refractivity contribution in [3.8, 4) is 0 Å². The molecule has 0 aromatic heterocycles. The Hall–Kier alpha value is -2.43. The van der Waals surface area contributed by atoms with Gasteiger partial charge in [-0.2, -0.15) is 0 Å². The third-order valence-corrected chi connectivity index (χ3v) is 7.02. The first-order valence-corrected chi connectivity index (χ1v) is 10.7. The van der Waals surface area contributed by atoms with Crippen LogP contribution < -0.4 is 5.32 Å². The molecule has 2 atom stereocenters. The highest BCUT2D eigenvalue weighted by Gasteiger charge is 2.52. The largest absolute Gasteiger partial charge is 0.354 e. The molecule has 11 heteroatoms. The average molecular weight is 423 g/mol. The van der Waals surface area contributed by atoms with Gasteiger partial charge in [0.05, 0.1) is 11.7 Å². The smallest absolute Gasteiger partial charge is 0.336 e. The molecule has 0 aromatic rings. The lowest BCUT2D eigenvalue weighted by Crippen LogP contribution is -2.52. The number of nitrogens with one attached hydrogen (secondary N) is 1. The quantitative estimate of drug-likeness (QED) is 0.594. The summed E-state index contributed by atoms with van der Waals surface area (Å²) in [5, 5.41) is 3.00. The second-order valence-corrected chi connectivity index (χ2v) is 8.75. The number of fused-ring (bicyclic) bond motifs is 2. The van der Waals surface area contributed by atoms with E-state index in [9.17, 15) is 28.8 Å². The van der Waals surface area contributed by atoms with Crippen molar-refractivity contribution in [2.75, 3.05) is 18.8 Å². The summed E-state index contributed by atoms with van der Waals surface area (Å²) in [6, 6.07) is 0. The lowest BCUT2D eigenvalue weighted by atomic mass is 9.55. The standard InChI is InChI=1S/C18H21N3O7S/c22-13-1-2-14(23)21(13)28-17(26)12-7-11(9-5-10(12)6-9)16(25)19-3-4-20-15(24)8-29-18(20)27/h9-12H,1-8H2,(H,19,25). The number of hydrogen-bond acceptors (Lipinski definition) is 8. The van der Waals surface area contributed by atoms with Crippen molar-refractivity contribution in [1.29, 1.82) is 0 Å². The summed E-state index contributed by atoms with van der Waals surface area (Å²) in [6.07, 6.45) is 1.81. The Morgan fingerprint density at radius 1 is 0.966 bits per heavy atom. The first-order valence-electron chi connectivity index (χ1n) is 9.67. The Labute approximate surface area is 170 Å². The molecule has 2 heterocycles. The zero-order valence-electron chi connectivity index (χ0n) is 15.6. The van der Waals surface area contributed by atoms with E-state index in [-0.39, 0.29) is 66.5 Å². The van der Waals surface area contributed by atoms with Gasteiger partial charge in [-0.3, -0.25) is 28.9 Å². The fourth-order valence-corrected chi connectivity index (χ4v) is 5.22. The van der Waals surface area contributed by atoms with Crippen LogP contribution in [0.15, 0.2) is 0 Å². The molecule has 5 amide bonds. The average Bonchev–Trinajstić information content (AvgIpc) is 3.16. The second kappa shape index (κ2) is 7.77. The predicted octanol–water partition coefficient (Wildman–Crippen LogP) is 0.0675. The lowest BCUT2D eigenvalue weighted by Gasteiger charge is -2.49. The molecule has 10 nitrogen and oxygen atoms in total. The van der Waals surface area contributed by atoms with Crippen LogP contribution in [0.25, 0.3) is 0 Å². The third kappa shape index (κ3) is 3.75. The molecule has 29 heavy (non-hydrogen) atoms. The Morgan fingerprint density at radius 2 is 1.62 bits per heavy atom. The summed E-state index contributed by atoms with van der Waals surface area (Å²) in [7, 11) is 0. The van der Waals surface area contributed by atoms with E-state index in [0.717, 1.165) is 29.5 Å². The highest BCUT2D eigenvalue weighted by atomic mass is 32.2. The van der Waals surface area contributed by atoms with E-state index >= 15 is 0 Å². The molecule has 5 aliphatic rings. The number of carbonyl (C=O) groups is 6. The highest BCUT2D eigenvalue weighted by molar-refractivity contribution is 8.14. The summed E-state index contributed by atoms with van der Waals surface area (Å²) in [5.74, 6) is -2.66. The van der Waals surface area contributed by atoms with Gasteiger partial charge in [0.2, 0.25) is 11.8 Å². The van der Waals surface area contributed by atoms with Crippen molar-refractivity contribution < 1.29 is 33.6 Å². The van der Waals surface area contributed by atoms with Gasteiger partial charge in [-0.05, 0) is 31.1 Å². The van der Waals surface area contributed by atoms with Gasteiger partial charge in [-0.25, -0.2) is 4.79 Å². The molecule has 0 spiro atoms. The van der Waals surface area contributed by atoms with Gasteiger partial charge in [0.1, 0.15) is 0 Å². The molecule has 2 bridgehead atoms. The zero-order chi connectivity index (χ0) is 20.7. The molecule has 156 valence electrons. The molecule has 3 saturated carbocycles.